The van der Waals surface area contributed by atoms with E-state index in [9.17, 15) is 9.18 Å². The highest BCUT2D eigenvalue weighted by Crippen LogP contribution is 2.13. The number of furan rings is 1. The summed E-state index contributed by atoms with van der Waals surface area (Å²) in [5.74, 6) is 0.158. The number of carbonyl (C=O) groups excluding carboxylic acids is 1. The number of nitrogens with one attached hydrogen (secondary N) is 1. The maximum atomic E-state index is 12.7. The topological polar surface area (TPSA) is 68.3 Å². The Hall–Kier alpha value is -2.14. The standard InChI is InChI=1S/C13H13FN2O2/c14-9-1-3-10(4-2-9)16-13(17)12-6-5-11(18-12)7-8-15/h1-6H,7-8,15H2,(H,16,17). The Bertz CT molecular complexity index is 534. The molecule has 0 atom stereocenters. The van der Waals surface area contributed by atoms with E-state index >= 15 is 0 Å². The predicted molar refractivity (Wildman–Crippen MR) is 65.8 cm³/mol. The number of amides is 1. The Morgan fingerprint density at radius 2 is 1.94 bits per heavy atom. The van der Waals surface area contributed by atoms with E-state index in [-0.39, 0.29) is 17.5 Å². The molecule has 1 aromatic carbocycles. The smallest absolute Gasteiger partial charge is 0.291 e. The first-order valence-corrected chi connectivity index (χ1v) is 5.55. The minimum absolute atomic E-state index is 0.211. The van der Waals surface area contributed by atoms with Gasteiger partial charge in [-0.3, -0.25) is 4.79 Å². The second-order valence-electron chi connectivity index (χ2n) is 3.77. The summed E-state index contributed by atoms with van der Waals surface area (Å²) in [6.45, 7) is 0.465. The van der Waals surface area contributed by atoms with Gasteiger partial charge in [-0.2, -0.15) is 0 Å². The highest BCUT2D eigenvalue weighted by molar-refractivity contribution is 6.02. The lowest BCUT2D eigenvalue weighted by Gasteiger charge is -2.02. The first-order valence-electron chi connectivity index (χ1n) is 5.55. The largest absolute Gasteiger partial charge is 0.456 e. The molecule has 3 N–H and O–H groups in total. The zero-order valence-electron chi connectivity index (χ0n) is 9.65. The van der Waals surface area contributed by atoms with Crippen molar-refractivity contribution in [2.75, 3.05) is 11.9 Å². The normalized spacial score (nSPS) is 10.3. The van der Waals surface area contributed by atoms with Crippen LogP contribution in [0.1, 0.15) is 16.3 Å². The fourth-order valence-corrected chi connectivity index (χ4v) is 1.50. The Morgan fingerprint density at radius 3 is 2.61 bits per heavy atom. The van der Waals surface area contributed by atoms with Crippen LogP contribution in [-0.2, 0) is 6.42 Å². The van der Waals surface area contributed by atoms with Crippen molar-refractivity contribution in [2.24, 2.45) is 5.73 Å². The van der Waals surface area contributed by atoms with Gasteiger partial charge in [0.1, 0.15) is 11.6 Å². The molecule has 0 saturated heterocycles. The number of hydrogen-bond acceptors (Lipinski definition) is 3. The van der Waals surface area contributed by atoms with Gasteiger partial charge in [0.15, 0.2) is 5.76 Å². The molecular formula is C13H13FN2O2. The van der Waals surface area contributed by atoms with E-state index in [1.54, 1.807) is 12.1 Å². The van der Waals surface area contributed by atoms with Crippen LogP contribution in [0.15, 0.2) is 40.8 Å². The van der Waals surface area contributed by atoms with E-state index in [1.807, 2.05) is 0 Å². The van der Waals surface area contributed by atoms with Gasteiger partial charge in [-0.1, -0.05) is 0 Å². The van der Waals surface area contributed by atoms with Gasteiger partial charge in [0.25, 0.3) is 5.91 Å². The van der Waals surface area contributed by atoms with Crippen LogP contribution in [0, 0.1) is 5.82 Å². The Kier molecular flexibility index (Phi) is 3.74. The summed E-state index contributed by atoms with van der Waals surface area (Å²) in [4.78, 5) is 11.8. The van der Waals surface area contributed by atoms with Crippen molar-refractivity contribution in [1.29, 1.82) is 0 Å². The molecule has 0 fully saturated rings. The lowest BCUT2D eigenvalue weighted by atomic mass is 10.3. The minimum Gasteiger partial charge on any atom is -0.456 e. The van der Waals surface area contributed by atoms with Crippen LogP contribution in [0.25, 0.3) is 0 Å². The van der Waals surface area contributed by atoms with E-state index in [0.29, 0.717) is 24.4 Å². The molecule has 0 bridgehead atoms. The lowest BCUT2D eigenvalue weighted by Crippen LogP contribution is -2.10. The molecule has 4 nitrogen and oxygen atoms in total. The van der Waals surface area contributed by atoms with Gasteiger partial charge >= 0.3 is 0 Å². The van der Waals surface area contributed by atoms with Gasteiger partial charge in [0, 0.05) is 12.1 Å². The number of hydrogen-bond donors (Lipinski definition) is 2. The molecule has 0 spiro atoms. The van der Waals surface area contributed by atoms with Crippen molar-refractivity contribution in [1.82, 2.24) is 0 Å². The third kappa shape index (κ3) is 2.95. The van der Waals surface area contributed by atoms with Crippen LogP contribution in [0.3, 0.4) is 0 Å². The molecule has 1 amide bonds. The van der Waals surface area contributed by atoms with Crippen molar-refractivity contribution in [3.05, 3.63) is 53.7 Å². The van der Waals surface area contributed by atoms with E-state index < -0.39 is 0 Å². The fraction of sp³-hybridized carbons (Fsp3) is 0.154. The molecular weight excluding hydrogens is 235 g/mol. The third-order valence-electron chi connectivity index (χ3n) is 2.38. The second-order valence-corrected chi connectivity index (χ2v) is 3.77. The summed E-state index contributed by atoms with van der Waals surface area (Å²) >= 11 is 0. The van der Waals surface area contributed by atoms with Gasteiger partial charge in [-0.25, -0.2) is 4.39 Å². The van der Waals surface area contributed by atoms with Gasteiger partial charge in [0.05, 0.1) is 0 Å². The molecule has 1 aromatic heterocycles. The summed E-state index contributed by atoms with van der Waals surface area (Å²) in [5.41, 5.74) is 5.90. The van der Waals surface area contributed by atoms with Crippen molar-refractivity contribution in [3.8, 4) is 0 Å². The van der Waals surface area contributed by atoms with Crippen molar-refractivity contribution in [3.63, 3.8) is 0 Å². The van der Waals surface area contributed by atoms with Crippen LogP contribution in [0.5, 0.6) is 0 Å². The zero-order valence-corrected chi connectivity index (χ0v) is 9.65. The molecule has 18 heavy (non-hydrogen) atoms. The highest BCUT2D eigenvalue weighted by atomic mass is 19.1. The van der Waals surface area contributed by atoms with Gasteiger partial charge in [0.2, 0.25) is 0 Å². The average molecular weight is 248 g/mol. The Morgan fingerprint density at radius 1 is 1.22 bits per heavy atom. The Balaban J connectivity index is 2.04. The molecule has 0 aliphatic heterocycles. The SMILES string of the molecule is NCCc1ccc(C(=O)Nc2ccc(F)cc2)o1. The van der Waals surface area contributed by atoms with Gasteiger partial charge in [-0.05, 0) is 42.9 Å². The number of halogens is 1. The number of carbonyl (C=O) groups is 1. The first-order chi connectivity index (χ1) is 8.69. The second kappa shape index (κ2) is 5.46. The zero-order chi connectivity index (χ0) is 13.0. The summed E-state index contributed by atoms with van der Waals surface area (Å²) in [7, 11) is 0. The maximum absolute atomic E-state index is 12.7. The molecule has 5 heteroatoms. The van der Waals surface area contributed by atoms with Crippen LogP contribution in [-0.4, -0.2) is 12.5 Å². The van der Waals surface area contributed by atoms with E-state index in [0.717, 1.165) is 0 Å². The Labute approximate surface area is 104 Å². The number of anilines is 1. The highest BCUT2D eigenvalue weighted by Gasteiger charge is 2.11. The molecule has 0 unspecified atom stereocenters. The van der Waals surface area contributed by atoms with Crippen LogP contribution in [0.4, 0.5) is 10.1 Å². The monoisotopic (exact) mass is 248 g/mol. The molecule has 0 aliphatic rings. The first kappa shape index (κ1) is 12.3. The van der Waals surface area contributed by atoms with Crippen LogP contribution >= 0.6 is 0 Å². The molecule has 0 saturated carbocycles. The van der Waals surface area contributed by atoms with Crippen molar-refractivity contribution < 1.29 is 13.6 Å². The molecule has 0 aliphatic carbocycles. The molecule has 1 heterocycles. The number of rotatable bonds is 4. The van der Waals surface area contributed by atoms with Crippen molar-refractivity contribution in [2.45, 2.75) is 6.42 Å². The average Bonchev–Trinajstić information content (AvgIpc) is 2.81. The van der Waals surface area contributed by atoms with Crippen LogP contribution in [0.2, 0.25) is 0 Å². The van der Waals surface area contributed by atoms with E-state index in [2.05, 4.69) is 5.32 Å². The molecule has 2 aromatic rings. The number of nitrogens with two attached hydrogens (primary N) is 1. The number of benzene rings is 1. The van der Waals surface area contributed by atoms with E-state index in [1.165, 1.54) is 24.3 Å². The fourth-order valence-electron chi connectivity index (χ4n) is 1.50. The molecule has 0 radical (unpaired) electrons. The summed E-state index contributed by atoms with van der Waals surface area (Å²) in [5, 5.41) is 2.61. The third-order valence-corrected chi connectivity index (χ3v) is 2.38. The quantitative estimate of drug-likeness (QED) is 0.871. The minimum atomic E-state index is -0.370. The van der Waals surface area contributed by atoms with Gasteiger partial charge < -0.3 is 15.5 Å². The predicted octanol–water partition coefficient (Wildman–Crippen LogP) is 2.17. The van der Waals surface area contributed by atoms with Gasteiger partial charge in [-0.15, -0.1) is 0 Å². The summed E-state index contributed by atoms with van der Waals surface area (Å²) < 4.78 is 18.0. The van der Waals surface area contributed by atoms with Crippen molar-refractivity contribution >= 4 is 11.6 Å². The van der Waals surface area contributed by atoms with E-state index in [4.69, 9.17) is 10.2 Å². The molecule has 94 valence electrons. The molecule has 2 rings (SSSR count). The summed E-state index contributed by atoms with van der Waals surface area (Å²) in [6.07, 6.45) is 0.587. The maximum Gasteiger partial charge on any atom is 0.291 e. The van der Waals surface area contributed by atoms with Crippen LogP contribution < -0.4 is 11.1 Å². The lowest BCUT2D eigenvalue weighted by molar-refractivity contribution is 0.0995. The summed E-state index contributed by atoms with van der Waals surface area (Å²) in [6, 6.07) is 8.82.